The molecule has 102 valence electrons. The molecule has 0 heterocycles. The van der Waals surface area contributed by atoms with E-state index in [1.807, 2.05) is 13.0 Å². The zero-order valence-corrected chi connectivity index (χ0v) is 12.8. The van der Waals surface area contributed by atoms with Gasteiger partial charge in [0.05, 0.1) is 12.9 Å². The van der Waals surface area contributed by atoms with Crippen LogP contribution >= 0.6 is 0 Å². The SMILES string of the molecule is CC=COCCC[Si](C)(OCCC)OCCC. The second kappa shape index (κ2) is 10.8. The van der Waals surface area contributed by atoms with E-state index in [0.29, 0.717) is 0 Å². The van der Waals surface area contributed by atoms with E-state index in [4.69, 9.17) is 13.6 Å². The van der Waals surface area contributed by atoms with Gasteiger partial charge < -0.3 is 13.6 Å². The quantitative estimate of drug-likeness (QED) is 0.321. The van der Waals surface area contributed by atoms with Crippen LogP contribution in [0, 0.1) is 0 Å². The van der Waals surface area contributed by atoms with Gasteiger partial charge in [0.1, 0.15) is 0 Å². The molecule has 0 rings (SSSR count). The molecule has 0 amide bonds. The normalized spacial score (nSPS) is 12.2. The Morgan fingerprint density at radius 1 is 1.00 bits per heavy atom. The molecule has 0 bridgehead atoms. The monoisotopic (exact) mass is 260 g/mol. The first-order chi connectivity index (χ1) is 8.18. The minimum absolute atomic E-state index is 0.748. The van der Waals surface area contributed by atoms with Crippen LogP contribution in [0.1, 0.15) is 40.0 Å². The molecule has 17 heavy (non-hydrogen) atoms. The van der Waals surface area contributed by atoms with Crippen LogP contribution in [0.15, 0.2) is 12.3 Å². The molecule has 0 N–H and O–H groups in total. The molecule has 0 atom stereocenters. The largest absolute Gasteiger partial charge is 0.502 e. The number of rotatable bonds is 11. The van der Waals surface area contributed by atoms with Gasteiger partial charge in [0.15, 0.2) is 0 Å². The Balaban J connectivity index is 3.90. The Bertz CT molecular complexity index is 187. The standard InChI is InChI=1S/C13H28O3Si/c1-5-9-14-12-8-13-17(4,15-10-6-2)16-11-7-3/h5,9H,6-8,10-13H2,1-4H3. The Morgan fingerprint density at radius 3 is 2.06 bits per heavy atom. The van der Waals surface area contributed by atoms with Gasteiger partial charge in [-0.15, -0.1) is 0 Å². The van der Waals surface area contributed by atoms with Gasteiger partial charge in [0.2, 0.25) is 0 Å². The second-order valence-electron chi connectivity index (χ2n) is 4.27. The average molecular weight is 260 g/mol. The van der Waals surface area contributed by atoms with Crippen molar-refractivity contribution in [2.24, 2.45) is 0 Å². The summed E-state index contributed by atoms with van der Waals surface area (Å²) in [6.07, 6.45) is 6.73. The summed E-state index contributed by atoms with van der Waals surface area (Å²) in [5.74, 6) is 0. The van der Waals surface area contributed by atoms with E-state index in [9.17, 15) is 0 Å². The predicted octanol–water partition coefficient (Wildman–Crippen LogP) is 3.85. The van der Waals surface area contributed by atoms with Crippen LogP contribution in [-0.4, -0.2) is 28.4 Å². The van der Waals surface area contributed by atoms with Crippen LogP contribution in [0.4, 0.5) is 0 Å². The zero-order chi connectivity index (χ0) is 13.0. The highest BCUT2D eigenvalue weighted by Crippen LogP contribution is 2.16. The summed E-state index contributed by atoms with van der Waals surface area (Å²) < 4.78 is 17.2. The molecule has 0 saturated carbocycles. The number of hydrogen-bond acceptors (Lipinski definition) is 3. The van der Waals surface area contributed by atoms with Crippen molar-refractivity contribution in [2.75, 3.05) is 19.8 Å². The molecular formula is C13H28O3Si. The van der Waals surface area contributed by atoms with Gasteiger partial charge in [-0.2, -0.15) is 0 Å². The molecule has 4 heteroatoms. The lowest BCUT2D eigenvalue weighted by Crippen LogP contribution is -2.39. The third-order valence-electron chi connectivity index (χ3n) is 2.35. The highest BCUT2D eigenvalue weighted by molar-refractivity contribution is 6.66. The first-order valence-electron chi connectivity index (χ1n) is 6.69. The second-order valence-corrected chi connectivity index (χ2v) is 7.62. The summed E-state index contributed by atoms with van der Waals surface area (Å²) >= 11 is 0. The molecule has 0 aromatic carbocycles. The van der Waals surface area contributed by atoms with Crippen LogP contribution in [0.3, 0.4) is 0 Å². The molecule has 3 nitrogen and oxygen atoms in total. The summed E-state index contributed by atoms with van der Waals surface area (Å²) in [5.41, 5.74) is 0. The van der Waals surface area contributed by atoms with Crippen molar-refractivity contribution in [2.45, 2.75) is 52.6 Å². The maximum absolute atomic E-state index is 5.93. The van der Waals surface area contributed by atoms with Crippen molar-refractivity contribution >= 4 is 8.56 Å². The van der Waals surface area contributed by atoms with E-state index in [-0.39, 0.29) is 0 Å². The molecule has 0 aliphatic carbocycles. The summed E-state index contributed by atoms with van der Waals surface area (Å²) in [5, 5.41) is 0. The van der Waals surface area contributed by atoms with Gasteiger partial charge in [-0.05, 0) is 38.8 Å². The average Bonchev–Trinajstić information content (AvgIpc) is 2.34. The first-order valence-corrected chi connectivity index (χ1v) is 9.21. The molecule has 0 spiro atoms. The number of allylic oxidation sites excluding steroid dienone is 1. The lowest BCUT2D eigenvalue weighted by atomic mass is 10.5. The molecule has 0 radical (unpaired) electrons. The van der Waals surface area contributed by atoms with Crippen molar-refractivity contribution in [1.82, 2.24) is 0 Å². The van der Waals surface area contributed by atoms with E-state index < -0.39 is 8.56 Å². The molecule has 0 aromatic heterocycles. The summed E-state index contributed by atoms with van der Waals surface area (Å²) in [6, 6.07) is 1.00. The van der Waals surface area contributed by atoms with Crippen LogP contribution in [0.25, 0.3) is 0 Å². The van der Waals surface area contributed by atoms with E-state index in [2.05, 4.69) is 20.4 Å². The first kappa shape index (κ1) is 16.7. The van der Waals surface area contributed by atoms with Crippen LogP contribution in [-0.2, 0) is 13.6 Å². The van der Waals surface area contributed by atoms with E-state index in [1.165, 1.54) is 0 Å². The Labute approximate surface area is 107 Å². The van der Waals surface area contributed by atoms with Crippen molar-refractivity contribution < 1.29 is 13.6 Å². The Morgan fingerprint density at radius 2 is 1.59 bits per heavy atom. The molecule has 0 aliphatic rings. The van der Waals surface area contributed by atoms with Crippen LogP contribution < -0.4 is 0 Å². The lowest BCUT2D eigenvalue weighted by molar-refractivity contribution is 0.168. The minimum atomic E-state index is -1.96. The van der Waals surface area contributed by atoms with Gasteiger partial charge in [0.25, 0.3) is 0 Å². The fourth-order valence-corrected chi connectivity index (χ4v) is 3.89. The maximum atomic E-state index is 5.93. The van der Waals surface area contributed by atoms with Gasteiger partial charge in [0, 0.05) is 13.2 Å². The number of hydrogen-bond donors (Lipinski definition) is 0. The molecule has 0 unspecified atom stereocenters. The summed E-state index contributed by atoms with van der Waals surface area (Å²) in [6.45, 7) is 10.7. The predicted molar refractivity (Wildman–Crippen MR) is 74.3 cm³/mol. The fraction of sp³-hybridized carbons (Fsp3) is 0.846. The van der Waals surface area contributed by atoms with E-state index in [0.717, 1.165) is 45.1 Å². The Hall–Kier alpha value is -0.323. The van der Waals surface area contributed by atoms with Crippen molar-refractivity contribution in [3.63, 3.8) is 0 Å². The highest BCUT2D eigenvalue weighted by Gasteiger charge is 2.30. The van der Waals surface area contributed by atoms with Gasteiger partial charge >= 0.3 is 8.56 Å². The zero-order valence-electron chi connectivity index (χ0n) is 11.8. The van der Waals surface area contributed by atoms with Crippen LogP contribution in [0.5, 0.6) is 0 Å². The Kier molecular flexibility index (Phi) is 10.6. The fourth-order valence-electron chi connectivity index (χ4n) is 1.46. The van der Waals surface area contributed by atoms with Gasteiger partial charge in [-0.25, -0.2) is 0 Å². The van der Waals surface area contributed by atoms with Crippen molar-refractivity contribution in [3.8, 4) is 0 Å². The molecule has 0 saturated heterocycles. The summed E-state index contributed by atoms with van der Waals surface area (Å²) in [7, 11) is -1.96. The number of ether oxygens (including phenoxy) is 1. The lowest BCUT2D eigenvalue weighted by Gasteiger charge is -2.26. The van der Waals surface area contributed by atoms with Gasteiger partial charge in [-0.3, -0.25) is 0 Å². The third kappa shape index (κ3) is 9.38. The molecule has 0 fully saturated rings. The summed E-state index contributed by atoms with van der Waals surface area (Å²) in [4.78, 5) is 0. The van der Waals surface area contributed by atoms with Crippen molar-refractivity contribution in [1.29, 1.82) is 0 Å². The van der Waals surface area contributed by atoms with Crippen LogP contribution in [0.2, 0.25) is 12.6 Å². The van der Waals surface area contributed by atoms with E-state index in [1.54, 1.807) is 6.26 Å². The van der Waals surface area contributed by atoms with E-state index >= 15 is 0 Å². The van der Waals surface area contributed by atoms with Crippen molar-refractivity contribution in [3.05, 3.63) is 12.3 Å². The smallest absolute Gasteiger partial charge is 0.335 e. The third-order valence-corrected chi connectivity index (χ3v) is 5.24. The highest BCUT2D eigenvalue weighted by atomic mass is 28.4. The molecular weight excluding hydrogens is 232 g/mol. The molecule has 0 aromatic rings. The topological polar surface area (TPSA) is 27.7 Å². The van der Waals surface area contributed by atoms with Gasteiger partial charge in [-0.1, -0.05) is 19.9 Å². The minimum Gasteiger partial charge on any atom is -0.502 e. The maximum Gasteiger partial charge on any atom is 0.335 e. The molecule has 0 aliphatic heterocycles.